The Kier molecular flexibility index (Phi) is 12.2. The predicted octanol–water partition coefficient (Wildman–Crippen LogP) is 4.11. The number of halogens is 6. The van der Waals surface area contributed by atoms with E-state index in [9.17, 15) is 43.2 Å². The Morgan fingerprint density at radius 2 is 1.14 bits per heavy atom. The molecule has 0 aliphatic carbocycles. The zero-order valence-corrected chi connectivity index (χ0v) is 23.1. The Bertz CT molecular complexity index is 815. The Balaban J connectivity index is 0.000000691. The van der Waals surface area contributed by atoms with Crippen LogP contribution in [0, 0.1) is 0 Å². The second-order valence-electron chi connectivity index (χ2n) is 8.86. The number of quaternary nitrogens is 1. The van der Waals surface area contributed by atoms with E-state index in [1.54, 1.807) is 21.3 Å². The Morgan fingerprint density at radius 1 is 0.771 bits per heavy atom. The molecule has 0 radical (unpaired) electrons. The topological polar surface area (TPSA) is 110 Å². The Morgan fingerprint density at radius 3 is 1.43 bits per heavy atom. The number of unbranched alkanes of at least 4 members (excludes halogenated alkanes) is 1. The first-order valence-electron chi connectivity index (χ1n) is 10.4. The Labute approximate surface area is 204 Å². The quantitative estimate of drug-likeness (QED) is 0.165. The molecule has 0 unspecified atom stereocenters. The molecule has 1 saturated heterocycles. The number of hydrogen-bond acceptors (Lipinski definition) is 7. The molecule has 9 nitrogen and oxygen atoms in total. The molecular weight excluding hydrogens is 550 g/mol. The van der Waals surface area contributed by atoms with E-state index in [1.807, 2.05) is 0 Å². The predicted molar refractivity (Wildman–Crippen MR) is 118 cm³/mol. The minimum Gasteiger partial charge on any atom is -0.421 e. The van der Waals surface area contributed by atoms with Crippen LogP contribution in [0.5, 0.6) is 0 Å². The first-order valence-corrected chi connectivity index (χ1v) is 15.2. The van der Waals surface area contributed by atoms with Gasteiger partial charge in [0.25, 0.3) is 0 Å². The second kappa shape index (κ2) is 12.4. The van der Waals surface area contributed by atoms with Gasteiger partial charge in [-0.3, -0.25) is 0 Å². The van der Waals surface area contributed by atoms with Crippen LogP contribution in [0.25, 0.3) is 4.13 Å². The molecule has 0 aromatic rings. The van der Waals surface area contributed by atoms with Gasteiger partial charge in [0.05, 0.1) is 25.2 Å². The fraction of sp³-hybridized carbons (Fsp3) is 1.00. The number of likely N-dealkylation sites (tertiary alicyclic amines) is 1. The monoisotopic (exact) mass is 584 g/mol. The second-order valence-corrected chi connectivity index (χ2v) is 15.4. The molecule has 212 valence electrons. The van der Waals surface area contributed by atoms with E-state index < -0.39 is 39.9 Å². The molecule has 0 bridgehead atoms. The lowest BCUT2D eigenvalue weighted by atomic mass is 10.0. The summed E-state index contributed by atoms with van der Waals surface area (Å²) in [5, 5.41) is 0. The van der Waals surface area contributed by atoms with Crippen molar-refractivity contribution in [2.24, 2.45) is 0 Å². The van der Waals surface area contributed by atoms with E-state index in [0.717, 1.165) is 16.6 Å². The van der Waals surface area contributed by atoms with E-state index in [1.165, 1.54) is 43.4 Å². The summed E-state index contributed by atoms with van der Waals surface area (Å²) >= 11 is 0. The van der Waals surface area contributed by atoms with Crippen molar-refractivity contribution >= 4 is 28.9 Å². The molecule has 0 aromatic heterocycles. The van der Waals surface area contributed by atoms with E-state index in [-0.39, 0.29) is 0 Å². The molecule has 1 rings (SSSR count). The fourth-order valence-electron chi connectivity index (χ4n) is 3.70. The van der Waals surface area contributed by atoms with Crippen LogP contribution in [0.4, 0.5) is 26.3 Å². The standard InChI is InChI=1S/C15H34NO3Si.C2F6NO4S2/c1-15(2,3)16(11-7-8-12-16)13-9-10-14-20(17-4,18-5)19-6;3-1(4,5)14(10,11)9-15(12,13)2(6,7)8/h7-14H2,1-6H3;/q+1;-1. The zero-order chi connectivity index (χ0) is 28.0. The summed E-state index contributed by atoms with van der Waals surface area (Å²) in [4.78, 5) is 0. The molecular formula is C17H34F6N2O7S2Si. The smallest absolute Gasteiger partial charge is 0.421 e. The lowest BCUT2D eigenvalue weighted by molar-refractivity contribution is -0.960. The highest BCUT2D eigenvalue weighted by atomic mass is 32.3. The van der Waals surface area contributed by atoms with Gasteiger partial charge in [-0.05, 0) is 33.6 Å². The first-order chi connectivity index (χ1) is 15.6. The van der Waals surface area contributed by atoms with Gasteiger partial charge in [-0.15, -0.1) is 0 Å². The van der Waals surface area contributed by atoms with Crippen LogP contribution >= 0.6 is 0 Å². The van der Waals surface area contributed by atoms with Crippen molar-refractivity contribution in [3.63, 3.8) is 0 Å². The average molecular weight is 585 g/mol. The van der Waals surface area contributed by atoms with Crippen LogP contribution in [0.1, 0.15) is 46.5 Å². The van der Waals surface area contributed by atoms with E-state index in [4.69, 9.17) is 13.3 Å². The van der Waals surface area contributed by atoms with Gasteiger partial charge >= 0.3 is 19.8 Å². The largest absolute Gasteiger partial charge is 0.500 e. The molecule has 0 N–H and O–H groups in total. The van der Waals surface area contributed by atoms with E-state index >= 15 is 0 Å². The molecule has 1 aliphatic heterocycles. The third-order valence-corrected chi connectivity index (χ3v) is 11.5. The molecule has 1 heterocycles. The minimum atomic E-state index is -6.72. The normalized spacial score (nSPS) is 17.7. The maximum atomic E-state index is 11.4. The van der Waals surface area contributed by atoms with Crippen LogP contribution in [-0.2, 0) is 33.3 Å². The molecule has 35 heavy (non-hydrogen) atoms. The highest BCUT2D eigenvalue weighted by Crippen LogP contribution is 2.36. The van der Waals surface area contributed by atoms with Gasteiger partial charge in [0, 0.05) is 40.2 Å². The molecule has 18 heteroatoms. The SMILES string of the molecule is CO[Si](CCCC[N+]1(C(C)(C)C)CCCC1)(OC)OC.O=S(=O)([N-]S(=O)(=O)C(F)(F)F)C(F)(F)F. The summed E-state index contributed by atoms with van der Waals surface area (Å²) in [6.45, 7) is 11.1. The van der Waals surface area contributed by atoms with E-state index in [2.05, 4.69) is 20.8 Å². The summed E-state index contributed by atoms with van der Waals surface area (Å²) in [5.74, 6) is 0. The van der Waals surface area contributed by atoms with Crippen molar-refractivity contribution in [2.45, 2.75) is 69.1 Å². The van der Waals surface area contributed by atoms with Crippen LogP contribution in [0.2, 0.25) is 6.04 Å². The van der Waals surface area contributed by atoms with Gasteiger partial charge in [0.2, 0.25) is 0 Å². The molecule has 0 saturated carbocycles. The molecule has 1 aliphatic rings. The van der Waals surface area contributed by atoms with Crippen LogP contribution < -0.4 is 0 Å². The maximum Gasteiger partial charge on any atom is 0.500 e. The number of nitrogens with zero attached hydrogens (tertiary/aromatic N) is 2. The van der Waals surface area contributed by atoms with Crippen molar-refractivity contribution in [1.82, 2.24) is 0 Å². The van der Waals surface area contributed by atoms with Gasteiger partial charge in [-0.25, -0.2) is 16.8 Å². The van der Waals surface area contributed by atoms with Crippen LogP contribution in [-0.4, -0.2) is 87.6 Å². The molecule has 0 spiro atoms. The molecule has 1 fully saturated rings. The highest BCUT2D eigenvalue weighted by Gasteiger charge is 2.47. The number of sulfonamides is 2. The summed E-state index contributed by atoms with van der Waals surface area (Å²) in [6.07, 6.45) is 5.11. The summed E-state index contributed by atoms with van der Waals surface area (Å²) in [5.41, 5.74) is -12.1. The van der Waals surface area contributed by atoms with Gasteiger partial charge in [-0.1, -0.05) is 0 Å². The lowest BCUT2D eigenvalue weighted by Gasteiger charge is -2.46. The fourth-order valence-corrected chi connectivity index (χ4v) is 7.20. The Hall–Kier alpha value is -0.503. The highest BCUT2D eigenvalue weighted by molar-refractivity contribution is 8.13. The zero-order valence-electron chi connectivity index (χ0n) is 20.5. The summed E-state index contributed by atoms with van der Waals surface area (Å²) < 4.78 is 127. The summed E-state index contributed by atoms with van der Waals surface area (Å²) in [6, 6.07) is 0.917. The first kappa shape index (κ1) is 34.5. The minimum absolute atomic E-state index is 0.356. The van der Waals surface area contributed by atoms with Gasteiger partial charge in [0.15, 0.2) is 20.0 Å². The van der Waals surface area contributed by atoms with Crippen LogP contribution in [0.3, 0.4) is 0 Å². The maximum absolute atomic E-state index is 11.4. The van der Waals surface area contributed by atoms with Crippen molar-refractivity contribution in [3.05, 3.63) is 4.13 Å². The van der Waals surface area contributed by atoms with Gasteiger partial charge < -0.3 is 21.9 Å². The average Bonchev–Trinajstić information content (AvgIpc) is 3.17. The van der Waals surface area contributed by atoms with Crippen molar-refractivity contribution in [1.29, 1.82) is 0 Å². The van der Waals surface area contributed by atoms with Crippen molar-refractivity contribution < 1.29 is 60.9 Å². The number of hydrogen-bond donors (Lipinski definition) is 0. The van der Waals surface area contributed by atoms with E-state index in [0.29, 0.717) is 5.54 Å². The molecule has 0 amide bonds. The van der Waals surface area contributed by atoms with Gasteiger partial charge in [0.1, 0.15) is 0 Å². The summed E-state index contributed by atoms with van der Waals surface area (Å²) in [7, 11) is -10.7. The molecule has 0 aromatic carbocycles. The van der Waals surface area contributed by atoms with Crippen molar-refractivity contribution in [2.75, 3.05) is 41.0 Å². The number of rotatable bonds is 10. The third-order valence-electron chi connectivity index (χ3n) is 5.88. The van der Waals surface area contributed by atoms with Crippen molar-refractivity contribution in [3.8, 4) is 0 Å². The third kappa shape index (κ3) is 9.39. The lowest BCUT2D eigenvalue weighted by Crippen LogP contribution is -2.58. The van der Waals surface area contributed by atoms with Crippen LogP contribution in [0.15, 0.2) is 0 Å². The van der Waals surface area contributed by atoms with Gasteiger partial charge in [-0.2, -0.15) is 26.3 Å². The number of alkyl halides is 6. The molecule has 0 atom stereocenters.